The van der Waals surface area contributed by atoms with Gasteiger partial charge in [0.2, 0.25) is 0 Å². The van der Waals surface area contributed by atoms with E-state index in [2.05, 4.69) is 41.8 Å². The molecular formula is C12H10Br2FN3. The van der Waals surface area contributed by atoms with Crippen molar-refractivity contribution < 1.29 is 4.39 Å². The van der Waals surface area contributed by atoms with Crippen molar-refractivity contribution >= 4 is 37.7 Å². The van der Waals surface area contributed by atoms with Crippen LogP contribution in [0.25, 0.3) is 11.4 Å². The monoisotopic (exact) mass is 373 g/mol. The van der Waals surface area contributed by atoms with Crippen LogP contribution in [0.2, 0.25) is 0 Å². The molecule has 0 aliphatic carbocycles. The molecule has 1 heterocycles. The molecule has 0 aliphatic heterocycles. The molecule has 3 nitrogen and oxygen atoms in total. The third-order valence-electron chi connectivity index (χ3n) is 2.40. The van der Waals surface area contributed by atoms with Gasteiger partial charge in [-0.1, -0.05) is 22.9 Å². The van der Waals surface area contributed by atoms with Crippen LogP contribution in [0, 0.1) is 5.82 Å². The maximum Gasteiger partial charge on any atom is 0.161 e. The van der Waals surface area contributed by atoms with Crippen LogP contribution >= 0.6 is 31.9 Å². The SMILES string of the molecule is CCc1nc(-c2cc(F)cc(Br)c2)nc(N)c1Br. The molecule has 0 saturated heterocycles. The summed E-state index contributed by atoms with van der Waals surface area (Å²) in [6, 6.07) is 4.52. The van der Waals surface area contributed by atoms with Crippen LogP contribution in [0.3, 0.4) is 0 Å². The highest BCUT2D eigenvalue weighted by Crippen LogP contribution is 2.27. The lowest BCUT2D eigenvalue weighted by atomic mass is 10.2. The first-order valence-corrected chi connectivity index (χ1v) is 6.88. The fraction of sp³-hybridized carbons (Fsp3) is 0.167. The van der Waals surface area contributed by atoms with Crippen LogP contribution in [0.5, 0.6) is 0 Å². The molecule has 0 radical (unpaired) electrons. The van der Waals surface area contributed by atoms with Gasteiger partial charge in [-0.3, -0.25) is 0 Å². The fourth-order valence-electron chi connectivity index (χ4n) is 1.56. The van der Waals surface area contributed by atoms with Gasteiger partial charge in [0, 0.05) is 10.0 Å². The van der Waals surface area contributed by atoms with Gasteiger partial charge in [0.1, 0.15) is 11.6 Å². The van der Waals surface area contributed by atoms with Gasteiger partial charge in [-0.15, -0.1) is 0 Å². The zero-order chi connectivity index (χ0) is 13.3. The summed E-state index contributed by atoms with van der Waals surface area (Å²) in [4.78, 5) is 8.54. The summed E-state index contributed by atoms with van der Waals surface area (Å²) in [6.45, 7) is 1.97. The van der Waals surface area contributed by atoms with Gasteiger partial charge in [-0.2, -0.15) is 0 Å². The highest BCUT2D eigenvalue weighted by Gasteiger charge is 2.11. The van der Waals surface area contributed by atoms with Crippen LogP contribution in [0.15, 0.2) is 27.1 Å². The quantitative estimate of drug-likeness (QED) is 0.865. The highest BCUT2D eigenvalue weighted by molar-refractivity contribution is 9.11. The minimum Gasteiger partial charge on any atom is -0.383 e. The van der Waals surface area contributed by atoms with Gasteiger partial charge in [0.05, 0.1) is 10.2 Å². The van der Waals surface area contributed by atoms with Gasteiger partial charge >= 0.3 is 0 Å². The third-order valence-corrected chi connectivity index (χ3v) is 3.72. The van der Waals surface area contributed by atoms with Gasteiger partial charge in [-0.05, 0) is 40.5 Å². The zero-order valence-electron chi connectivity index (χ0n) is 9.54. The minimum absolute atomic E-state index is 0.345. The van der Waals surface area contributed by atoms with Gasteiger partial charge in [-0.25, -0.2) is 14.4 Å². The Kier molecular flexibility index (Phi) is 3.97. The van der Waals surface area contributed by atoms with Crippen molar-refractivity contribution in [3.8, 4) is 11.4 Å². The Morgan fingerprint density at radius 3 is 2.56 bits per heavy atom. The Balaban J connectivity index is 2.60. The van der Waals surface area contributed by atoms with Crippen LogP contribution in [0.1, 0.15) is 12.6 Å². The number of halogens is 3. The fourth-order valence-corrected chi connectivity index (χ4v) is 2.48. The first-order valence-electron chi connectivity index (χ1n) is 5.29. The smallest absolute Gasteiger partial charge is 0.161 e. The second-order valence-electron chi connectivity index (χ2n) is 3.70. The molecular weight excluding hydrogens is 365 g/mol. The van der Waals surface area contributed by atoms with Crippen LogP contribution in [-0.4, -0.2) is 9.97 Å². The van der Waals surface area contributed by atoms with Crippen molar-refractivity contribution in [3.63, 3.8) is 0 Å². The van der Waals surface area contributed by atoms with Crippen molar-refractivity contribution in [1.82, 2.24) is 9.97 Å². The molecule has 0 spiro atoms. The van der Waals surface area contributed by atoms with E-state index in [9.17, 15) is 4.39 Å². The van der Waals surface area contributed by atoms with E-state index >= 15 is 0 Å². The van der Waals surface area contributed by atoms with Gasteiger partial charge in [0.15, 0.2) is 5.82 Å². The van der Waals surface area contributed by atoms with E-state index in [4.69, 9.17) is 5.73 Å². The predicted octanol–water partition coefficient (Wildman–Crippen LogP) is 3.95. The summed E-state index contributed by atoms with van der Waals surface area (Å²) in [5.74, 6) is 0.437. The average molecular weight is 375 g/mol. The maximum absolute atomic E-state index is 13.3. The van der Waals surface area contributed by atoms with Gasteiger partial charge < -0.3 is 5.73 Å². The third kappa shape index (κ3) is 2.70. The largest absolute Gasteiger partial charge is 0.383 e. The van der Waals surface area contributed by atoms with Crippen molar-refractivity contribution in [2.75, 3.05) is 5.73 Å². The number of nitrogen functional groups attached to an aromatic ring is 1. The summed E-state index contributed by atoms with van der Waals surface area (Å²) in [5, 5.41) is 0. The van der Waals surface area contributed by atoms with E-state index in [1.54, 1.807) is 6.07 Å². The molecule has 0 fully saturated rings. The maximum atomic E-state index is 13.3. The number of hydrogen-bond acceptors (Lipinski definition) is 3. The van der Waals surface area contributed by atoms with Crippen molar-refractivity contribution in [2.24, 2.45) is 0 Å². The number of aromatic nitrogens is 2. The lowest BCUT2D eigenvalue weighted by Crippen LogP contribution is -2.02. The van der Waals surface area contributed by atoms with Crippen LogP contribution in [0.4, 0.5) is 10.2 Å². The van der Waals surface area contributed by atoms with Crippen molar-refractivity contribution in [1.29, 1.82) is 0 Å². The number of hydrogen-bond donors (Lipinski definition) is 1. The van der Waals surface area contributed by atoms with Crippen molar-refractivity contribution in [2.45, 2.75) is 13.3 Å². The predicted molar refractivity (Wildman–Crippen MR) is 76.6 cm³/mol. The molecule has 94 valence electrons. The van der Waals surface area contributed by atoms with E-state index in [0.29, 0.717) is 26.2 Å². The standard InChI is InChI=1S/C12H10Br2FN3/c1-2-9-10(14)11(16)18-12(17-9)6-3-7(13)5-8(15)4-6/h3-5H,2H2,1H3,(H2,16,17,18). The summed E-state index contributed by atoms with van der Waals surface area (Å²) in [7, 11) is 0. The second-order valence-corrected chi connectivity index (χ2v) is 5.41. The number of aryl methyl sites for hydroxylation is 1. The highest BCUT2D eigenvalue weighted by atomic mass is 79.9. The molecule has 0 unspecified atom stereocenters. The number of rotatable bonds is 2. The molecule has 2 N–H and O–H groups in total. The number of benzene rings is 1. The van der Waals surface area contributed by atoms with Crippen LogP contribution in [-0.2, 0) is 6.42 Å². The molecule has 6 heteroatoms. The zero-order valence-corrected chi connectivity index (χ0v) is 12.7. The molecule has 2 aromatic rings. The van der Waals surface area contributed by atoms with E-state index in [-0.39, 0.29) is 5.82 Å². The van der Waals surface area contributed by atoms with E-state index < -0.39 is 0 Å². The summed E-state index contributed by atoms with van der Waals surface area (Å²) >= 11 is 6.59. The molecule has 1 aromatic heterocycles. The lowest BCUT2D eigenvalue weighted by Gasteiger charge is -2.08. The van der Waals surface area contributed by atoms with E-state index in [0.717, 1.165) is 12.1 Å². The molecule has 0 aliphatic rings. The molecule has 0 bridgehead atoms. The van der Waals surface area contributed by atoms with E-state index in [1.165, 1.54) is 12.1 Å². The minimum atomic E-state index is -0.345. The Labute approximate surface area is 121 Å². The normalized spacial score (nSPS) is 10.7. The first-order chi connectivity index (χ1) is 8.51. The Bertz CT molecular complexity index is 582. The lowest BCUT2D eigenvalue weighted by molar-refractivity contribution is 0.627. The summed E-state index contributed by atoms with van der Waals surface area (Å²) in [5.41, 5.74) is 7.20. The summed E-state index contributed by atoms with van der Waals surface area (Å²) < 4.78 is 14.7. The average Bonchev–Trinajstić information content (AvgIpc) is 2.31. The first kappa shape index (κ1) is 13.4. The van der Waals surface area contributed by atoms with E-state index in [1.807, 2.05) is 6.92 Å². The topological polar surface area (TPSA) is 51.8 Å². The molecule has 0 saturated carbocycles. The molecule has 0 atom stereocenters. The number of nitrogens with zero attached hydrogens (tertiary/aromatic N) is 2. The Hall–Kier alpha value is -1.01. The Morgan fingerprint density at radius 1 is 1.22 bits per heavy atom. The van der Waals surface area contributed by atoms with Crippen LogP contribution < -0.4 is 5.73 Å². The number of nitrogens with two attached hydrogens (primary N) is 1. The van der Waals surface area contributed by atoms with Crippen molar-refractivity contribution in [3.05, 3.63) is 38.7 Å². The molecule has 0 amide bonds. The Morgan fingerprint density at radius 2 is 1.94 bits per heavy atom. The molecule has 18 heavy (non-hydrogen) atoms. The summed E-state index contributed by atoms with van der Waals surface area (Å²) in [6.07, 6.45) is 0.719. The second kappa shape index (κ2) is 5.32. The molecule has 1 aromatic carbocycles. The molecule has 2 rings (SSSR count). The van der Waals surface area contributed by atoms with Gasteiger partial charge in [0.25, 0.3) is 0 Å². The number of anilines is 1.